The lowest BCUT2D eigenvalue weighted by Crippen LogP contribution is -2.25. The van der Waals surface area contributed by atoms with E-state index in [9.17, 15) is 0 Å². The first-order valence-electron chi connectivity index (χ1n) is 5.90. The van der Waals surface area contributed by atoms with E-state index in [2.05, 4.69) is 10.00 Å². The first-order valence-corrected chi connectivity index (χ1v) is 5.90. The van der Waals surface area contributed by atoms with Crippen molar-refractivity contribution >= 4 is 5.82 Å². The smallest absolute Gasteiger partial charge is 0.145 e. The summed E-state index contributed by atoms with van der Waals surface area (Å²) in [6.07, 6.45) is 4.06. The molecule has 16 heavy (non-hydrogen) atoms. The molecule has 0 spiro atoms. The number of nitrogens with zero attached hydrogens (tertiary/aromatic N) is 3. The lowest BCUT2D eigenvalue weighted by molar-refractivity contribution is 0.248. The van der Waals surface area contributed by atoms with Crippen LogP contribution in [0.15, 0.2) is 12.3 Å². The van der Waals surface area contributed by atoms with Crippen LogP contribution in [0.25, 0.3) is 0 Å². The maximum atomic E-state index is 8.88. The number of hydrogen-bond acceptors (Lipinski definition) is 4. The summed E-state index contributed by atoms with van der Waals surface area (Å²) in [7, 11) is 0. The number of hydrogen-bond donors (Lipinski definition) is 2. The van der Waals surface area contributed by atoms with Gasteiger partial charge in [-0.2, -0.15) is 5.10 Å². The van der Waals surface area contributed by atoms with E-state index in [0.29, 0.717) is 18.3 Å². The van der Waals surface area contributed by atoms with Crippen molar-refractivity contribution in [3.8, 4) is 0 Å². The molecule has 1 fully saturated rings. The predicted octanol–water partition coefficient (Wildman–Crippen LogP) is 0.170. The van der Waals surface area contributed by atoms with Crippen molar-refractivity contribution in [2.45, 2.75) is 19.4 Å². The summed E-state index contributed by atoms with van der Waals surface area (Å²) in [5, 5.41) is 13.0. The van der Waals surface area contributed by atoms with Gasteiger partial charge in [0, 0.05) is 25.9 Å². The highest BCUT2D eigenvalue weighted by Gasteiger charge is 2.21. The van der Waals surface area contributed by atoms with E-state index < -0.39 is 0 Å². The highest BCUT2D eigenvalue weighted by atomic mass is 16.3. The SMILES string of the molecule is Nc1ccn(CCN2CCC(CCO)C2)n1. The average Bonchev–Trinajstić information content (AvgIpc) is 2.85. The van der Waals surface area contributed by atoms with Crippen molar-refractivity contribution in [3.63, 3.8) is 0 Å². The first kappa shape index (κ1) is 11.4. The summed E-state index contributed by atoms with van der Waals surface area (Å²) < 4.78 is 1.88. The van der Waals surface area contributed by atoms with Gasteiger partial charge in [-0.05, 0) is 31.4 Å². The van der Waals surface area contributed by atoms with Crippen LogP contribution in [-0.4, -0.2) is 46.0 Å². The highest BCUT2D eigenvalue weighted by Crippen LogP contribution is 2.18. The minimum atomic E-state index is 0.314. The second-order valence-electron chi connectivity index (χ2n) is 4.47. The molecular weight excluding hydrogens is 204 g/mol. The Morgan fingerprint density at radius 3 is 3.06 bits per heavy atom. The average molecular weight is 224 g/mol. The van der Waals surface area contributed by atoms with Crippen LogP contribution < -0.4 is 5.73 Å². The standard InChI is InChI=1S/C11H20N4O/c12-11-2-5-15(13-11)7-6-14-4-1-10(9-14)3-8-16/h2,5,10,16H,1,3-4,6-9H2,(H2,12,13). The molecule has 0 radical (unpaired) electrons. The Morgan fingerprint density at radius 2 is 2.38 bits per heavy atom. The summed E-state index contributed by atoms with van der Waals surface area (Å²) in [5.41, 5.74) is 5.55. The Morgan fingerprint density at radius 1 is 1.50 bits per heavy atom. The van der Waals surface area contributed by atoms with Crippen LogP contribution in [0.3, 0.4) is 0 Å². The van der Waals surface area contributed by atoms with Gasteiger partial charge in [0.15, 0.2) is 0 Å². The Bertz CT molecular complexity index is 326. The van der Waals surface area contributed by atoms with E-state index in [1.165, 1.54) is 6.42 Å². The van der Waals surface area contributed by atoms with Crippen LogP contribution in [0, 0.1) is 5.92 Å². The fraction of sp³-hybridized carbons (Fsp3) is 0.727. The van der Waals surface area contributed by atoms with Gasteiger partial charge in [-0.15, -0.1) is 0 Å². The lowest BCUT2D eigenvalue weighted by Gasteiger charge is -2.15. The number of rotatable bonds is 5. The molecule has 2 rings (SSSR count). The normalized spacial score (nSPS) is 21.7. The van der Waals surface area contributed by atoms with Gasteiger partial charge < -0.3 is 15.7 Å². The van der Waals surface area contributed by atoms with Gasteiger partial charge in [-0.1, -0.05) is 0 Å². The third-order valence-electron chi connectivity index (χ3n) is 3.21. The van der Waals surface area contributed by atoms with Gasteiger partial charge in [0.05, 0.1) is 6.54 Å². The van der Waals surface area contributed by atoms with E-state index in [-0.39, 0.29) is 0 Å². The number of anilines is 1. The topological polar surface area (TPSA) is 67.3 Å². The van der Waals surface area contributed by atoms with Crippen LogP contribution in [0.4, 0.5) is 5.82 Å². The number of aromatic nitrogens is 2. The molecule has 0 amide bonds. The van der Waals surface area contributed by atoms with E-state index in [1.807, 2.05) is 16.9 Å². The van der Waals surface area contributed by atoms with Crippen molar-refractivity contribution in [2.24, 2.45) is 5.92 Å². The van der Waals surface area contributed by atoms with Gasteiger partial charge in [0.2, 0.25) is 0 Å². The van der Waals surface area contributed by atoms with Crippen LogP contribution >= 0.6 is 0 Å². The monoisotopic (exact) mass is 224 g/mol. The number of nitrogens with two attached hydrogens (primary N) is 1. The predicted molar refractivity (Wildman–Crippen MR) is 62.9 cm³/mol. The molecule has 5 heteroatoms. The van der Waals surface area contributed by atoms with E-state index in [0.717, 1.165) is 32.6 Å². The van der Waals surface area contributed by atoms with Crippen molar-refractivity contribution < 1.29 is 5.11 Å². The molecular formula is C11H20N4O. The van der Waals surface area contributed by atoms with Crippen molar-refractivity contribution in [3.05, 3.63) is 12.3 Å². The number of aliphatic hydroxyl groups is 1. The molecule has 1 saturated heterocycles. The Kier molecular flexibility index (Phi) is 3.79. The molecule has 1 aromatic rings. The molecule has 0 aromatic carbocycles. The zero-order valence-electron chi connectivity index (χ0n) is 9.55. The van der Waals surface area contributed by atoms with Crippen LogP contribution in [0.1, 0.15) is 12.8 Å². The lowest BCUT2D eigenvalue weighted by atomic mass is 10.1. The third kappa shape index (κ3) is 2.96. The van der Waals surface area contributed by atoms with Gasteiger partial charge in [-0.3, -0.25) is 4.68 Å². The van der Waals surface area contributed by atoms with Crippen molar-refractivity contribution in [1.29, 1.82) is 0 Å². The maximum Gasteiger partial charge on any atom is 0.145 e. The Balaban J connectivity index is 1.71. The van der Waals surface area contributed by atoms with Crippen LogP contribution in [-0.2, 0) is 6.54 Å². The fourth-order valence-corrected chi connectivity index (χ4v) is 2.28. The summed E-state index contributed by atoms with van der Waals surface area (Å²) in [6.45, 7) is 4.47. The first-order chi connectivity index (χ1) is 7.78. The molecule has 1 atom stereocenters. The fourth-order valence-electron chi connectivity index (χ4n) is 2.28. The highest BCUT2D eigenvalue weighted by molar-refractivity contribution is 5.23. The molecule has 1 unspecified atom stereocenters. The molecule has 0 aliphatic carbocycles. The van der Waals surface area contributed by atoms with E-state index in [4.69, 9.17) is 10.8 Å². The number of likely N-dealkylation sites (tertiary alicyclic amines) is 1. The second-order valence-corrected chi connectivity index (χ2v) is 4.47. The maximum absolute atomic E-state index is 8.88. The largest absolute Gasteiger partial charge is 0.396 e. The summed E-state index contributed by atoms with van der Waals surface area (Å²) in [5.74, 6) is 1.26. The summed E-state index contributed by atoms with van der Waals surface area (Å²) >= 11 is 0. The molecule has 1 aliphatic rings. The van der Waals surface area contributed by atoms with Gasteiger partial charge in [0.25, 0.3) is 0 Å². The van der Waals surface area contributed by atoms with E-state index in [1.54, 1.807) is 0 Å². The molecule has 90 valence electrons. The van der Waals surface area contributed by atoms with Crippen LogP contribution in [0.2, 0.25) is 0 Å². The Hall–Kier alpha value is -1.07. The minimum Gasteiger partial charge on any atom is -0.396 e. The number of aliphatic hydroxyl groups excluding tert-OH is 1. The van der Waals surface area contributed by atoms with Gasteiger partial charge in [-0.25, -0.2) is 0 Å². The third-order valence-corrected chi connectivity index (χ3v) is 3.21. The molecule has 0 bridgehead atoms. The van der Waals surface area contributed by atoms with Gasteiger partial charge in [0.1, 0.15) is 5.82 Å². The molecule has 3 N–H and O–H groups in total. The quantitative estimate of drug-likeness (QED) is 0.748. The van der Waals surface area contributed by atoms with Crippen LogP contribution in [0.5, 0.6) is 0 Å². The minimum absolute atomic E-state index is 0.314. The zero-order valence-corrected chi connectivity index (χ0v) is 9.55. The number of nitrogen functional groups attached to an aromatic ring is 1. The van der Waals surface area contributed by atoms with Crippen molar-refractivity contribution in [1.82, 2.24) is 14.7 Å². The molecule has 2 heterocycles. The van der Waals surface area contributed by atoms with Gasteiger partial charge >= 0.3 is 0 Å². The van der Waals surface area contributed by atoms with Crippen molar-refractivity contribution in [2.75, 3.05) is 32.0 Å². The summed E-state index contributed by atoms with van der Waals surface area (Å²) in [6, 6.07) is 1.82. The molecule has 1 aliphatic heterocycles. The molecule has 0 saturated carbocycles. The molecule has 1 aromatic heterocycles. The zero-order chi connectivity index (χ0) is 11.4. The Labute approximate surface area is 95.8 Å². The van der Waals surface area contributed by atoms with E-state index >= 15 is 0 Å². The summed E-state index contributed by atoms with van der Waals surface area (Å²) in [4.78, 5) is 2.43. The second kappa shape index (κ2) is 5.32. The molecule has 5 nitrogen and oxygen atoms in total.